The number of hydrogen-bond donors (Lipinski definition) is 3. The summed E-state index contributed by atoms with van der Waals surface area (Å²) in [5.41, 5.74) is 1.94. The van der Waals surface area contributed by atoms with E-state index in [0.29, 0.717) is 30.9 Å². The van der Waals surface area contributed by atoms with Crippen LogP contribution in [-0.4, -0.2) is 39.7 Å². The predicted molar refractivity (Wildman–Crippen MR) is 238 cm³/mol. The van der Waals surface area contributed by atoms with Crippen molar-refractivity contribution in [3.05, 3.63) is 132 Å². The van der Waals surface area contributed by atoms with Gasteiger partial charge in [-0.05, 0) is 122 Å². The third-order valence-corrected chi connectivity index (χ3v) is 14.8. The van der Waals surface area contributed by atoms with E-state index < -0.39 is 52.4 Å². The maximum absolute atomic E-state index is 11.0. The van der Waals surface area contributed by atoms with E-state index in [2.05, 4.69) is 107 Å². The van der Waals surface area contributed by atoms with E-state index >= 15 is 0 Å². The molecule has 0 unspecified atom stereocenters. The molecule has 4 aliphatic rings. The first kappa shape index (κ1) is 33.0. The zero-order chi connectivity index (χ0) is 48.1. The molecule has 2 aromatic rings. The summed E-state index contributed by atoms with van der Waals surface area (Å²) in [5.74, 6) is -0.542. The maximum Gasteiger partial charge on any atom is 0.0922 e. The molecule has 3 N–H and O–H groups in total. The van der Waals surface area contributed by atoms with Gasteiger partial charge in [-0.2, -0.15) is 0 Å². The highest BCUT2D eigenvalue weighted by Gasteiger charge is 2.50. The normalized spacial score (nSPS) is 34.9. The van der Waals surface area contributed by atoms with Crippen molar-refractivity contribution in [2.24, 2.45) is 40.9 Å². The van der Waals surface area contributed by atoms with Crippen LogP contribution in [0.1, 0.15) is 118 Å². The Balaban J connectivity index is 0.000000271. The molecular formula is C51H71O4P. The topological polar surface area (TPSA) is 69.9 Å². The lowest BCUT2D eigenvalue weighted by atomic mass is 9.61. The van der Waals surface area contributed by atoms with E-state index in [4.69, 9.17) is 16.9 Å². The van der Waals surface area contributed by atoms with Crippen molar-refractivity contribution in [1.82, 2.24) is 0 Å². The third-order valence-electron chi connectivity index (χ3n) is 12.8. The zero-order valence-corrected chi connectivity index (χ0v) is 34.9. The quantitative estimate of drug-likeness (QED) is 0.166. The largest absolute Gasteiger partial charge is 0.393 e. The molecule has 4 nitrogen and oxygen atoms in total. The summed E-state index contributed by atoms with van der Waals surface area (Å²) in [7, 11) is -0.788. The van der Waals surface area contributed by atoms with Crippen LogP contribution in [-0.2, 0) is 4.52 Å². The molecule has 0 amide bonds. The van der Waals surface area contributed by atoms with Gasteiger partial charge in [0, 0.05) is 35.3 Å². The van der Waals surface area contributed by atoms with Gasteiger partial charge in [-0.15, -0.1) is 0 Å². The van der Waals surface area contributed by atoms with Gasteiger partial charge in [0.25, 0.3) is 0 Å². The van der Waals surface area contributed by atoms with Gasteiger partial charge < -0.3 is 19.8 Å². The Hall–Kier alpha value is -2.85. The first-order valence-corrected chi connectivity index (χ1v) is 21.8. The number of aliphatic hydroxyl groups excluding tert-OH is 2. The van der Waals surface area contributed by atoms with E-state index in [0.717, 1.165) is 56.1 Å². The van der Waals surface area contributed by atoms with Crippen LogP contribution in [0.4, 0.5) is 0 Å². The number of hydrogen-bond acceptors (Lipinski definition) is 4. The molecule has 0 radical (unpaired) electrons. The van der Waals surface area contributed by atoms with E-state index in [1.54, 1.807) is 6.08 Å². The second kappa shape index (κ2) is 19.7. The molecule has 0 aromatic heterocycles. The molecule has 0 saturated heterocycles. The average Bonchev–Trinajstić information content (AvgIpc) is 3.59. The van der Waals surface area contributed by atoms with Gasteiger partial charge in [-0.25, -0.2) is 0 Å². The van der Waals surface area contributed by atoms with Gasteiger partial charge in [0.15, 0.2) is 0 Å². The molecule has 0 bridgehead atoms. The van der Waals surface area contributed by atoms with E-state index in [1.165, 1.54) is 33.7 Å². The summed E-state index contributed by atoms with van der Waals surface area (Å²) in [6.07, 6.45) is 15.5. The number of aliphatic hydroxyl groups is 3. The van der Waals surface area contributed by atoms with E-state index in [1.807, 2.05) is 13.0 Å². The predicted octanol–water partition coefficient (Wildman–Crippen LogP) is 11.3. The Morgan fingerprint density at radius 1 is 0.929 bits per heavy atom. The second-order valence-corrected chi connectivity index (χ2v) is 19.0. The lowest BCUT2D eigenvalue weighted by Crippen LogP contribution is -2.35. The summed E-state index contributed by atoms with van der Waals surface area (Å²) in [4.78, 5) is 0. The fraction of sp³-hybridized carbons (Fsp3) is 0.529. The van der Waals surface area contributed by atoms with Crippen LogP contribution < -0.4 is 10.6 Å². The van der Waals surface area contributed by atoms with E-state index in [9.17, 15) is 15.3 Å². The summed E-state index contributed by atoms with van der Waals surface area (Å²) in [6, 6.07) is 21.1. The van der Waals surface area contributed by atoms with Gasteiger partial charge in [0.2, 0.25) is 0 Å². The zero-order valence-electron chi connectivity index (χ0n) is 43.0. The Kier molecular flexibility index (Phi) is 11.6. The lowest BCUT2D eigenvalue weighted by molar-refractivity contribution is 0.0436. The molecule has 9 atom stereocenters. The number of allylic oxidation sites excluding steroid dienone is 6. The van der Waals surface area contributed by atoms with Crippen molar-refractivity contribution >= 4 is 18.8 Å². The smallest absolute Gasteiger partial charge is 0.0922 e. The minimum absolute atomic E-state index is 0.102. The SMILES string of the molecule is C=C1/C(=C\COP(c2ccccc2)c2ccccc2)C[C@@H](C)C[C@@H]1C.[2H]C([2H])([2H])[C@@H](/C=C/[C@@H](C)[C@H]1CC[C@H]2/C(=C/C=C3/C[C@@H](O)C[C@H](O)C3=C)CCC[C@]12C)C(O)(C([2H])([2H])[2H])C([2H])([2H])[2H]. The summed E-state index contributed by atoms with van der Waals surface area (Å²) in [6.45, 7) is 7.80. The van der Waals surface area contributed by atoms with Gasteiger partial charge in [0.1, 0.15) is 0 Å². The van der Waals surface area contributed by atoms with Crippen LogP contribution >= 0.6 is 8.15 Å². The van der Waals surface area contributed by atoms with Crippen molar-refractivity contribution in [2.45, 2.75) is 124 Å². The van der Waals surface area contributed by atoms with Crippen molar-refractivity contribution in [2.75, 3.05) is 6.61 Å². The second-order valence-electron chi connectivity index (χ2n) is 17.1. The van der Waals surface area contributed by atoms with Gasteiger partial charge in [0.05, 0.1) is 32.6 Å². The molecule has 4 fully saturated rings. The van der Waals surface area contributed by atoms with Crippen LogP contribution in [0.5, 0.6) is 0 Å². The Morgan fingerprint density at radius 2 is 1.61 bits per heavy atom. The maximum atomic E-state index is 11.0. The average molecular weight is 788 g/mol. The summed E-state index contributed by atoms with van der Waals surface area (Å²) >= 11 is 0. The number of benzene rings is 2. The first-order valence-electron chi connectivity index (χ1n) is 25.1. The van der Waals surface area contributed by atoms with E-state index in [-0.39, 0.29) is 23.2 Å². The third kappa shape index (κ3) is 11.2. The summed E-state index contributed by atoms with van der Waals surface area (Å²) < 4.78 is 76.5. The molecular weight excluding hydrogens is 708 g/mol. The molecule has 0 heterocycles. The molecule has 0 aliphatic heterocycles. The molecule has 304 valence electrons. The first-order chi connectivity index (χ1) is 30.3. The van der Waals surface area contributed by atoms with Crippen molar-refractivity contribution < 1.29 is 32.2 Å². The number of rotatable bonds is 10. The standard InChI is InChI=1S/C28H44O3.C23H27OP/c1-18(9-10-19(2)27(4,5)31)24-13-14-25-21(8-7-15-28(24,25)6)11-12-22-16-23(29)17-26(30)20(22)3;1-18-16-19(2)20(3)21(17-18)14-15-24-25(22-10-6-4-7-11-22)23-12-8-5-9-13-23/h9-12,18-19,23-26,29-31H,3,7-8,13-17H2,1-2,4-6H3;4-14,18-19H,3,15-17H2,1-2H3/b10-9+,21-11+,22-12-;21-14-/t18-,19+,23-,24-,25+,26+,28-;18-,19-/m10/s1/i2D3,4D3,5D3;. The monoisotopic (exact) mass is 788 g/mol. The van der Waals surface area contributed by atoms with Gasteiger partial charge >= 0.3 is 0 Å². The molecule has 4 aliphatic carbocycles. The molecule has 2 aromatic carbocycles. The van der Waals surface area contributed by atoms with Crippen molar-refractivity contribution in [1.29, 1.82) is 0 Å². The van der Waals surface area contributed by atoms with Crippen LogP contribution in [0.15, 0.2) is 132 Å². The molecule has 56 heavy (non-hydrogen) atoms. The molecule has 0 spiro atoms. The number of fused-ring (bicyclic) bond motifs is 1. The van der Waals surface area contributed by atoms with Gasteiger partial charge in [-0.3, -0.25) is 0 Å². The van der Waals surface area contributed by atoms with Crippen molar-refractivity contribution in [3.63, 3.8) is 0 Å². The van der Waals surface area contributed by atoms with Crippen LogP contribution in [0.25, 0.3) is 0 Å². The van der Waals surface area contributed by atoms with Gasteiger partial charge in [-0.1, -0.05) is 144 Å². The molecule has 5 heteroatoms. The van der Waals surface area contributed by atoms with Crippen molar-refractivity contribution in [3.8, 4) is 0 Å². The van der Waals surface area contributed by atoms with Crippen LogP contribution in [0, 0.1) is 40.9 Å². The molecule has 6 rings (SSSR count). The minimum atomic E-state index is -3.44. The van der Waals surface area contributed by atoms with Crippen LogP contribution in [0.2, 0.25) is 0 Å². The van der Waals surface area contributed by atoms with Crippen LogP contribution in [0.3, 0.4) is 0 Å². The minimum Gasteiger partial charge on any atom is -0.393 e. The Bertz CT molecular complexity index is 2000. The highest BCUT2D eigenvalue weighted by Crippen LogP contribution is 2.59. The fourth-order valence-corrected chi connectivity index (χ4v) is 11.4. The highest BCUT2D eigenvalue weighted by atomic mass is 31.1. The highest BCUT2D eigenvalue weighted by molar-refractivity contribution is 7.68. The summed E-state index contributed by atoms with van der Waals surface area (Å²) in [5, 5.41) is 33.7. The Morgan fingerprint density at radius 3 is 2.25 bits per heavy atom. The lowest BCUT2D eigenvalue weighted by Gasteiger charge is -2.44. The Labute approximate surface area is 353 Å². The fourth-order valence-electron chi connectivity index (χ4n) is 9.67. The molecule has 4 saturated carbocycles.